The van der Waals surface area contributed by atoms with Crippen molar-refractivity contribution in [1.82, 2.24) is 15.5 Å². The lowest BCUT2D eigenvalue weighted by Gasteiger charge is -2.18. The monoisotopic (exact) mass is 251 g/mol. The minimum Gasteiger partial charge on any atom is -0.381 e. The third-order valence-corrected chi connectivity index (χ3v) is 4.19. The number of nitrogens with one attached hydrogen (secondary N) is 1. The number of rotatable bonds is 3. The highest BCUT2D eigenvalue weighted by Crippen LogP contribution is 2.34. The fraction of sp³-hybridized carbons (Fsp3) is 0.846. The van der Waals surface area contributed by atoms with Crippen molar-refractivity contribution in [2.75, 3.05) is 20.3 Å². The summed E-state index contributed by atoms with van der Waals surface area (Å²) >= 11 is 0. The largest absolute Gasteiger partial charge is 0.381 e. The van der Waals surface area contributed by atoms with Crippen molar-refractivity contribution in [3.63, 3.8) is 0 Å². The van der Waals surface area contributed by atoms with E-state index in [1.165, 1.54) is 12.8 Å². The van der Waals surface area contributed by atoms with Crippen molar-refractivity contribution in [3.8, 4) is 0 Å². The molecule has 0 bridgehead atoms. The molecule has 1 aromatic heterocycles. The fourth-order valence-electron chi connectivity index (χ4n) is 3.11. The van der Waals surface area contributed by atoms with E-state index in [0.29, 0.717) is 17.9 Å². The maximum Gasteiger partial charge on any atom is 0.231 e. The fourth-order valence-corrected chi connectivity index (χ4v) is 3.11. The van der Waals surface area contributed by atoms with Gasteiger partial charge in [-0.05, 0) is 32.7 Å². The van der Waals surface area contributed by atoms with Gasteiger partial charge in [-0.25, -0.2) is 0 Å². The predicted octanol–water partition coefficient (Wildman–Crippen LogP) is 1.82. The first-order valence-electron chi connectivity index (χ1n) is 6.97. The van der Waals surface area contributed by atoms with Crippen LogP contribution in [0.3, 0.4) is 0 Å². The van der Waals surface area contributed by atoms with E-state index in [0.717, 1.165) is 44.2 Å². The highest BCUT2D eigenvalue weighted by molar-refractivity contribution is 5.05. The minimum atomic E-state index is 0.325. The van der Waals surface area contributed by atoms with E-state index in [-0.39, 0.29) is 0 Å². The molecule has 0 aromatic carbocycles. The molecular weight excluding hydrogens is 230 g/mol. The van der Waals surface area contributed by atoms with E-state index >= 15 is 0 Å². The second-order valence-electron chi connectivity index (χ2n) is 5.34. The standard InChI is InChI=1S/C13H21N3O2/c1-14-11-6-2-5-10(11)13-15-12(16-18-13)9-4-3-7-17-8-9/h9-11,14H,2-8H2,1H3. The Bertz CT molecular complexity index is 387. The molecule has 3 unspecified atom stereocenters. The molecule has 0 radical (unpaired) electrons. The Labute approximate surface area is 107 Å². The molecule has 2 heterocycles. The molecule has 100 valence electrons. The lowest BCUT2D eigenvalue weighted by Crippen LogP contribution is -2.27. The van der Waals surface area contributed by atoms with Crippen molar-refractivity contribution < 1.29 is 9.26 Å². The van der Waals surface area contributed by atoms with E-state index in [4.69, 9.17) is 9.26 Å². The van der Waals surface area contributed by atoms with Crippen molar-refractivity contribution >= 4 is 0 Å². The SMILES string of the molecule is CNC1CCCC1c1nc(C2CCCOC2)no1. The molecule has 1 N–H and O–H groups in total. The van der Waals surface area contributed by atoms with Gasteiger partial charge in [0.15, 0.2) is 5.82 Å². The van der Waals surface area contributed by atoms with E-state index in [1.807, 2.05) is 7.05 Å². The Balaban J connectivity index is 1.72. The van der Waals surface area contributed by atoms with Gasteiger partial charge in [0.25, 0.3) is 0 Å². The van der Waals surface area contributed by atoms with Crippen LogP contribution in [0.2, 0.25) is 0 Å². The minimum absolute atomic E-state index is 0.325. The maximum absolute atomic E-state index is 5.48. The molecule has 3 atom stereocenters. The smallest absolute Gasteiger partial charge is 0.231 e. The van der Waals surface area contributed by atoms with E-state index in [1.54, 1.807) is 0 Å². The first-order chi connectivity index (χ1) is 8.88. The molecule has 3 rings (SSSR count). The summed E-state index contributed by atoms with van der Waals surface area (Å²) in [5.74, 6) is 2.37. The zero-order valence-electron chi connectivity index (χ0n) is 10.9. The summed E-state index contributed by atoms with van der Waals surface area (Å²) in [6.07, 6.45) is 5.79. The summed E-state index contributed by atoms with van der Waals surface area (Å²) in [6.45, 7) is 1.60. The van der Waals surface area contributed by atoms with Crippen LogP contribution in [0.1, 0.15) is 55.7 Å². The lowest BCUT2D eigenvalue weighted by atomic mass is 10.0. The van der Waals surface area contributed by atoms with Gasteiger partial charge in [0.1, 0.15) is 0 Å². The second-order valence-corrected chi connectivity index (χ2v) is 5.34. The van der Waals surface area contributed by atoms with Gasteiger partial charge >= 0.3 is 0 Å². The van der Waals surface area contributed by atoms with Crippen LogP contribution in [0.15, 0.2) is 4.52 Å². The third-order valence-electron chi connectivity index (χ3n) is 4.19. The summed E-state index contributed by atoms with van der Waals surface area (Å²) in [7, 11) is 2.01. The van der Waals surface area contributed by atoms with Crippen LogP contribution in [0.5, 0.6) is 0 Å². The number of hydrogen-bond donors (Lipinski definition) is 1. The summed E-state index contributed by atoms with van der Waals surface area (Å²) in [5.41, 5.74) is 0. The van der Waals surface area contributed by atoms with Crippen LogP contribution in [0, 0.1) is 0 Å². The number of ether oxygens (including phenoxy) is 1. The topological polar surface area (TPSA) is 60.2 Å². The molecule has 0 amide bonds. The lowest BCUT2D eigenvalue weighted by molar-refractivity contribution is 0.0773. The normalized spacial score (nSPS) is 32.8. The molecule has 2 fully saturated rings. The van der Waals surface area contributed by atoms with Crippen molar-refractivity contribution in [3.05, 3.63) is 11.7 Å². The highest BCUT2D eigenvalue weighted by atomic mass is 16.5. The Morgan fingerprint density at radius 1 is 1.22 bits per heavy atom. The van der Waals surface area contributed by atoms with Gasteiger partial charge in [-0.15, -0.1) is 0 Å². The Morgan fingerprint density at radius 3 is 2.94 bits per heavy atom. The molecule has 1 saturated heterocycles. The Hall–Kier alpha value is -0.940. The van der Waals surface area contributed by atoms with Crippen LogP contribution in [0.25, 0.3) is 0 Å². The van der Waals surface area contributed by atoms with Gasteiger partial charge in [-0.3, -0.25) is 0 Å². The summed E-state index contributed by atoms with van der Waals surface area (Å²) < 4.78 is 11.0. The average molecular weight is 251 g/mol. The second kappa shape index (κ2) is 5.36. The molecule has 1 aromatic rings. The van der Waals surface area contributed by atoms with Gasteiger partial charge in [0, 0.05) is 18.6 Å². The van der Waals surface area contributed by atoms with Crippen LogP contribution in [-0.4, -0.2) is 36.4 Å². The molecule has 5 heteroatoms. The van der Waals surface area contributed by atoms with Crippen LogP contribution in [0.4, 0.5) is 0 Å². The number of nitrogens with zero attached hydrogens (tertiary/aromatic N) is 2. The zero-order chi connectivity index (χ0) is 12.4. The maximum atomic E-state index is 5.48. The number of aromatic nitrogens is 2. The molecule has 18 heavy (non-hydrogen) atoms. The van der Waals surface area contributed by atoms with E-state index < -0.39 is 0 Å². The number of likely N-dealkylation sites (N-methyl/N-ethyl adjacent to an activating group) is 1. The predicted molar refractivity (Wildman–Crippen MR) is 66.5 cm³/mol. The molecule has 5 nitrogen and oxygen atoms in total. The van der Waals surface area contributed by atoms with Gasteiger partial charge < -0.3 is 14.6 Å². The van der Waals surface area contributed by atoms with Gasteiger partial charge in [-0.1, -0.05) is 11.6 Å². The summed E-state index contributed by atoms with van der Waals surface area (Å²) in [4.78, 5) is 4.62. The highest BCUT2D eigenvalue weighted by Gasteiger charge is 2.32. The van der Waals surface area contributed by atoms with E-state index in [9.17, 15) is 0 Å². The van der Waals surface area contributed by atoms with Crippen LogP contribution in [-0.2, 0) is 4.74 Å². The van der Waals surface area contributed by atoms with Gasteiger partial charge in [-0.2, -0.15) is 4.98 Å². The molecular formula is C13H21N3O2. The number of hydrogen-bond acceptors (Lipinski definition) is 5. The molecule has 1 aliphatic carbocycles. The first-order valence-corrected chi connectivity index (χ1v) is 6.97. The molecule has 1 aliphatic heterocycles. The first kappa shape index (κ1) is 12.1. The molecule has 0 spiro atoms. The summed E-state index contributed by atoms with van der Waals surface area (Å²) in [5, 5.41) is 7.51. The Morgan fingerprint density at radius 2 is 2.17 bits per heavy atom. The zero-order valence-corrected chi connectivity index (χ0v) is 10.9. The Kier molecular flexibility index (Phi) is 3.61. The van der Waals surface area contributed by atoms with E-state index in [2.05, 4.69) is 15.5 Å². The third kappa shape index (κ3) is 2.29. The quantitative estimate of drug-likeness (QED) is 0.888. The van der Waals surface area contributed by atoms with Crippen molar-refractivity contribution in [1.29, 1.82) is 0 Å². The van der Waals surface area contributed by atoms with Gasteiger partial charge in [0.05, 0.1) is 12.5 Å². The van der Waals surface area contributed by atoms with Gasteiger partial charge in [0.2, 0.25) is 5.89 Å². The van der Waals surface area contributed by atoms with Crippen molar-refractivity contribution in [2.45, 2.75) is 50.0 Å². The molecule has 2 aliphatic rings. The average Bonchev–Trinajstić information content (AvgIpc) is 3.08. The molecule has 1 saturated carbocycles. The summed E-state index contributed by atoms with van der Waals surface area (Å²) in [6, 6.07) is 0.487. The van der Waals surface area contributed by atoms with Crippen LogP contribution < -0.4 is 5.32 Å². The van der Waals surface area contributed by atoms with Crippen molar-refractivity contribution in [2.24, 2.45) is 0 Å². The van der Waals surface area contributed by atoms with Crippen LogP contribution >= 0.6 is 0 Å².